The van der Waals surface area contributed by atoms with Gasteiger partial charge < -0.3 is 0 Å². The summed E-state index contributed by atoms with van der Waals surface area (Å²) in [6, 6.07) is 2.25. The molecule has 0 aromatic rings. The molecular formula is C8H16OSi. The summed E-state index contributed by atoms with van der Waals surface area (Å²) < 4.78 is 0. The predicted octanol–water partition coefficient (Wildman–Crippen LogP) is 2.40. The van der Waals surface area contributed by atoms with Crippen molar-refractivity contribution >= 4 is 14.4 Å². The van der Waals surface area contributed by atoms with E-state index in [1.54, 1.807) is 0 Å². The number of hydrogen-bond donors (Lipinski definition) is 0. The molecule has 0 N–H and O–H groups in total. The highest BCUT2D eigenvalue weighted by atomic mass is 28.3. The van der Waals surface area contributed by atoms with Crippen LogP contribution in [-0.2, 0) is 4.79 Å². The van der Waals surface area contributed by atoms with Crippen LogP contribution in [0, 0.1) is 0 Å². The van der Waals surface area contributed by atoms with Crippen LogP contribution in [0.4, 0.5) is 0 Å². The van der Waals surface area contributed by atoms with Crippen LogP contribution < -0.4 is 0 Å². The van der Waals surface area contributed by atoms with Crippen LogP contribution in [0.25, 0.3) is 0 Å². The zero-order chi connectivity index (χ0) is 8.20. The molecule has 0 saturated carbocycles. The van der Waals surface area contributed by atoms with E-state index in [2.05, 4.69) is 27.0 Å². The number of carbonyl (C=O) groups excluding carboxylic acids is 1. The van der Waals surface area contributed by atoms with E-state index >= 15 is 0 Å². The summed E-state index contributed by atoms with van der Waals surface area (Å²) in [7, 11) is -1.36. The van der Waals surface area contributed by atoms with Crippen LogP contribution in [0.5, 0.6) is 0 Å². The third kappa shape index (κ3) is 1.80. The van der Waals surface area contributed by atoms with Gasteiger partial charge in [-0.3, -0.25) is 4.79 Å². The van der Waals surface area contributed by atoms with Gasteiger partial charge in [0, 0.05) is 0 Å². The molecule has 0 aliphatic carbocycles. The highest BCUT2D eigenvalue weighted by molar-refractivity contribution is 6.88. The normalized spacial score (nSPS) is 11.1. The van der Waals surface area contributed by atoms with E-state index in [9.17, 15) is 4.79 Å². The summed E-state index contributed by atoms with van der Waals surface area (Å²) in [6.45, 7) is 10.3. The topological polar surface area (TPSA) is 17.1 Å². The molecule has 0 spiro atoms. The smallest absolute Gasteiger partial charge is 0.141 e. The van der Waals surface area contributed by atoms with Gasteiger partial charge >= 0.3 is 0 Å². The molecule has 2 heteroatoms. The summed E-state index contributed by atoms with van der Waals surface area (Å²) in [6.07, 6.45) is 0.930. The van der Waals surface area contributed by atoms with Gasteiger partial charge in [-0.1, -0.05) is 39.1 Å². The fourth-order valence-corrected chi connectivity index (χ4v) is 2.54. The van der Waals surface area contributed by atoms with Crippen LogP contribution in [0.2, 0.25) is 18.6 Å². The van der Waals surface area contributed by atoms with Gasteiger partial charge in [-0.2, -0.15) is 0 Å². The van der Waals surface area contributed by atoms with Crippen molar-refractivity contribution in [2.45, 2.75) is 32.5 Å². The maximum atomic E-state index is 10.4. The minimum atomic E-state index is -1.36. The molecule has 0 fully saturated rings. The SMILES string of the molecule is C=C(C=O)[Si](C)(CC)CC. The number of allylic oxidation sites excluding steroid dienone is 1. The van der Waals surface area contributed by atoms with Crippen LogP contribution in [0.1, 0.15) is 13.8 Å². The molecule has 0 unspecified atom stereocenters. The van der Waals surface area contributed by atoms with Crippen LogP contribution in [-0.4, -0.2) is 14.4 Å². The van der Waals surface area contributed by atoms with Gasteiger partial charge in [0.2, 0.25) is 0 Å². The molecule has 0 aromatic heterocycles. The highest BCUT2D eigenvalue weighted by Gasteiger charge is 2.25. The molecule has 0 aliphatic rings. The Morgan fingerprint density at radius 1 is 1.50 bits per heavy atom. The number of rotatable bonds is 4. The molecule has 0 aliphatic heterocycles. The van der Waals surface area contributed by atoms with Gasteiger partial charge in [-0.25, -0.2) is 0 Å². The van der Waals surface area contributed by atoms with Crippen LogP contribution in [0.3, 0.4) is 0 Å². The first kappa shape index (κ1) is 9.63. The fourth-order valence-electron chi connectivity index (χ4n) is 0.846. The van der Waals surface area contributed by atoms with Crippen molar-refractivity contribution in [2.75, 3.05) is 0 Å². The lowest BCUT2D eigenvalue weighted by Gasteiger charge is -2.22. The van der Waals surface area contributed by atoms with Gasteiger partial charge in [0.15, 0.2) is 0 Å². The first-order chi connectivity index (χ1) is 4.60. The lowest BCUT2D eigenvalue weighted by atomic mass is 10.7. The molecular weight excluding hydrogens is 140 g/mol. The minimum absolute atomic E-state index is 0.859. The van der Waals surface area contributed by atoms with Gasteiger partial charge in [0.05, 0.1) is 8.07 Å². The Balaban J connectivity index is 4.31. The molecule has 0 rings (SSSR count). The van der Waals surface area contributed by atoms with Crippen molar-refractivity contribution in [3.63, 3.8) is 0 Å². The van der Waals surface area contributed by atoms with Gasteiger partial charge in [-0.05, 0) is 5.20 Å². The lowest BCUT2D eigenvalue weighted by molar-refractivity contribution is -0.104. The summed E-state index contributed by atoms with van der Waals surface area (Å²) in [4.78, 5) is 10.4. The Kier molecular flexibility index (Phi) is 3.57. The average Bonchev–Trinajstić information content (AvgIpc) is 2.01. The van der Waals surface area contributed by atoms with Crippen LogP contribution >= 0.6 is 0 Å². The summed E-state index contributed by atoms with van der Waals surface area (Å²) in [5.74, 6) is 0. The first-order valence-corrected chi connectivity index (χ1v) is 6.66. The van der Waals surface area contributed by atoms with E-state index < -0.39 is 8.07 Å². The maximum Gasteiger partial charge on any atom is 0.141 e. The maximum absolute atomic E-state index is 10.4. The first-order valence-electron chi connectivity index (χ1n) is 3.75. The molecule has 0 amide bonds. The minimum Gasteiger partial charge on any atom is -0.299 e. The van der Waals surface area contributed by atoms with E-state index in [4.69, 9.17) is 0 Å². The second-order valence-corrected chi connectivity index (χ2v) is 8.09. The zero-order valence-corrected chi connectivity index (χ0v) is 8.11. The van der Waals surface area contributed by atoms with Gasteiger partial charge in [0.25, 0.3) is 0 Å². The van der Waals surface area contributed by atoms with E-state index in [-0.39, 0.29) is 0 Å². The predicted molar refractivity (Wildman–Crippen MR) is 47.8 cm³/mol. The largest absolute Gasteiger partial charge is 0.299 e. The molecule has 0 aromatic carbocycles. The van der Waals surface area contributed by atoms with E-state index in [0.29, 0.717) is 0 Å². The molecule has 58 valence electrons. The fraction of sp³-hybridized carbons (Fsp3) is 0.625. The molecule has 0 radical (unpaired) electrons. The number of aldehydes is 1. The Hall–Kier alpha value is -0.373. The second-order valence-electron chi connectivity index (χ2n) is 2.91. The second kappa shape index (κ2) is 3.71. The summed E-state index contributed by atoms with van der Waals surface area (Å²) in [5, 5.41) is 0.859. The monoisotopic (exact) mass is 156 g/mol. The van der Waals surface area contributed by atoms with Crippen molar-refractivity contribution in [3.05, 3.63) is 11.8 Å². The third-order valence-corrected chi connectivity index (χ3v) is 7.27. The van der Waals surface area contributed by atoms with Crippen molar-refractivity contribution in [1.29, 1.82) is 0 Å². The van der Waals surface area contributed by atoms with E-state index in [1.807, 2.05) is 0 Å². The Morgan fingerprint density at radius 3 is 2.00 bits per heavy atom. The van der Waals surface area contributed by atoms with Crippen molar-refractivity contribution < 1.29 is 4.79 Å². The molecule has 0 heterocycles. The standard InChI is InChI=1S/C8H16OSi/c1-5-10(4,6-2)8(3)7-9/h7H,3,5-6H2,1-2,4H3. The van der Waals surface area contributed by atoms with Crippen LogP contribution in [0.15, 0.2) is 11.8 Å². The third-order valence-electron chi connectivity index (χ3n) is 2.48. The zero-order valence-electron chi connectivity index (χ0n) is 7.11. The molecule has 1 nitrogen and oxygen atoms in total. The van der Waals surface area contributed by atoms with Crippen molar-refractivity contribution in [1.82, 2.24) is 0 Å². The summed E-state index contributed by atoms with van der Waals surface area (Å²) in [5.41, 5.74) is 0. The number of hydrogen-bond acceptors (Lipinski definition) is 1. The lowest BCUT2D eigenvalue weighted by Crippen LogP contribution is -2.31. The van der Waals surface area contributed by atoms with Crippen molar-refractivity contribution in [3.8, 4) is 0 Å². The van der Waals surface area contributed by atoms with Gasteiger partial charge in [-0.15, -0.1) is 0 Å². The van der Waals surface area contributed by atoms with E-state index in [0.717, 1.165) is 23.6 Å². The molecule has 0 saturated heterocycles. The summed E-state index contributed by atoms with van der Waals surface area (Å²) >= 11 is 0. The molecule has 0 atom stereocenters. The molecule has 10 heavy (non-hydrogen) atoms. The Morgan fingerprint density at radius 2 is 1.90 bits per heavy atom. The average molecular weight is 156 g/mol. The molecule has 0 bridgehead atoms. The highest BCUT2D eigenvalue weighted by Crippen LogP contribution is 2.20. The van der Waals surface area contributed by atoms with E-state index in [1.165, 1.54) is 0 Å². The van der Waals surface area contributed by atoms with Gasteiger partial charge in [0.1, 0.15) is 6.29 Å². The Labute approximate surface area is 64.1 Å². The quantitative estimate of drug-likeness (QED) is 0.347. The van der Waals surface area contributed by atoms with Crippen molar-refractivity contribution in [2.24, 2.45) is 0 Å². The number of carbonyl (C=O) groups is 1. The Bertz CT molecular complexity index is 136.